The van der Waals surface area contributed by atoms with E-state index in [0.29, 0.717) is 22.2 Å². The first-order valence-corrected chi connectivity index (χ1v) is 9.95. The summed E-state index contributed by atoms with van der Waals surface area (Å²) in [5.41, 5.74) is 2.96. The van der Waals surface area contributed by atoms with Gasteiger partial charge in [0.15, 0.2) is 0 Å². The van der Waals surface area contributed by atoms with E-state index in [2.05, 4.69) is 15.4 Å². The van der Waals surface area contributed by atoms with Crippen molar-refractivity contribution in [2.75, 3.05) is 5.32 Å². The summed E-state index contributed by atoms with van der Waals surface area (Å²) in [4.78, 5) is 28.1. The van der Waals surface area contributed by atoms with Gasteiger partial charge in [0, 0.05) is 34.2 Å². The Bertz CT molecular complexity index is 1250. The molecule has 0 unspecified atom stereocenters. The van der Waals surface area contributed by atoms with E-state index in [9.17, 15) is 14.9 Å². The van der Waals surface area contributed by atoms with Crippen molar-refractivity contribution >= 4 is 28.7 Å². The second-order valence-corrected chi connectivity index (χ2v) is 7.46. The Hall–Kier alpha value is -3.85. The third-order valence-corrected chi connectivity index (χ3v) is 5.38. The Balaban J connectivity index is 1.65. The fraction of sp³-hybridized carbons (Fsp3) is 0.0952. The number of amides is 1. The van der Waals surface area contributed by atoms with E-state index in [1.54, 1.807) is 23.7 Å². The van der Waals surface area contributed by atoms with Crippen LogP contribution in [-0.2, 0) is 0 Å². The molecule has 1 N–H and O–H groups in total. The molecule has 4 aromatic rings. The van der Waals surface area contributed by atoms with Gasteiger partial charge in [-0.05, 0) is 19.9 Å². The van der Waals surface area contributed by atoms with Crippen LogP contribution in [0, 0.1) is 24.0 Å². The van der Waals surface area contributed by atoms with Gasteiger partial charge in [-0.2, -0.15) is 9.78 Å². The van der Waals surface area contributed by atoms with Crippen LogP contribution in [0.15, 0.2) is 60.0 Å². The van der Waals surface area contributed by atoms with Gasteiger partial charge in [0.2, 0.25) is 5.13 Å². The second-order valence-electron chi connectivity index (χ2n) is 6.63. The quantitative estimate of drug-likeness (QED) is 0.371. The summed E-state index contributed by atoms with van der Waals surface area (Å²) < 4.78 is 1.57. The lowest BCUT2D eigenvalue weighted by Gasteiger charge is -2.09. The third-order valence-electron chi connectivity index (χ3n) is 4.56. The summed E-state index contributed by atoms with van der Waals surface area (Å²) in [5.74, 6) is -0.00504. The van der Waals surface area contributed by atoms with Crippen molar-refractivity contribution in [2.24, 2.45) is 0 Å². The van der Waals surface area contributed by atoms with Crippen molar-refractivity contribution in [3.8, 4) is 16.4 Å². The highest BCUT2D eigenvalue weighted by Crippen LogP contribution is 2.27. The summed E-state index contributed by atoms with van der Waals surface area (Å²) >= 11 is 1.41. The molecule has 0 saturated carbocycles. The van der Waals surface area contributed by atoms with Crippen LogP contribution in [0.25, 0.3) is 16.4 Å². The van der Waals surface area contributed by atoms with Gasteiger partial charge >= 0.3 is 0 Å². The normalized spacial score (nSPS) is 10.7. The number of benzene rings is 2. The lowest BCUT2D eigenvalue weighted by atomic mass is 10.1. The summed E-state index contributed by atoms with van der Waals surface area (Å²) in [6.45, 7) is 3.37. The summed E-state index contributed by atoms with van der Waals surface area (Å²) in [7, 11) is 0. The molecular weight excluding hydrogens is 402 g/mol. The van der Waals surface area contributed by atoms with Gasteiger partial charge in [0.1, 0.15) is 5.82 Å². The number of aromatic nitrogens is 3. The predicted octanol–water partition coefficient (Wildman–Crippen LogP) is 4.77. The van der Waals surface area contributed by atoms with Gasteiger partial charge in [-0.3, -0.25) is 14.9 Å². The van der Waals surface area contributed by atoms with Gasteiger partial charge in [-0.1, -0.05) is 36.4 Å². The summed E-state index contributed by atoms with van der Waals surface area (Å²) in [5, 5.41) is 21.0. The van der Waals surface area contributed by atoms with Crippen LogP contribution in [0.2, 0.25) is 0 Å². The van der Waals surface area contributed by atoms with E-state index in [0.717, 1.165) is 11.3 Å². The molecule has 0 aliphatic heterocycles. The van der Waals surface area contributed by atoms with E-state index in [1.165, 1.54) is 23.5 Å². The maximum Gasteiger partial charge on any atom is 0.273 e. The molecule has 2 aromatic carbocycles. The smallest absolute Gasteiger partial charge is 0.273 e. The number of thiazole rings is 1. The average molecular weight is 419 g/mol. The maximum atomic E-state index is 12.8. The summed E-state index contributed by atoms with van der Waals surface area (Å²) in [6.07, 6.45) is 0. The van der Waals surface area contributed by atoms with E-state index in [-0.39, 0.29) is 11.3 Å². The van der Waals surface area contributed by atoms with E-state index < -0.39 is 10.8 Å². The fourth-order valence-electron chi connectivity index (χ4n) is 3.09. The monoisotopic (exact) mass is 419 g/mol. The van der Waals surface area contributed by atoms with Gasteiger partial charge < -0.3 is 5.32 Å². The molecule has 0 saturated heterocycles. The van der Waals surface area contributed by atoms with Crippen LogP contribution in [0.1, 0.15) is 21.6 Å². The molecule has 1 amide bonds. The molecule has 150 valence electrons. The minimum atomic E-state index is -0.499. The van der Waals surface area contributed by atoms with Crippen molar-refractivity contribution in [1.82, 2.24) is 14.8 Å². The highest BCUT2D eigenvalue weighted by molar-refractivity contribution is 7.12. The topological polar surface area (TPSA) is 103 Å². The first kappa shape index (κ1) is 19.5. The maximum absolute atomic E-state index is 12.8. The zero-order valence-corrected chi connectivity index (χ0v) is 17.0. The van der Waals surface area contributed by atoms with Crippen molar-refractivity contribution in [3.63, 3.8) is 0 Å². The number of carbonyl (C=O) groups is 1. The minimum Gasteiger partial charge on any atom is -0.306 e. The molecule has 0 atom stereocenters. The molecule has 0 spiro atoms. The largest absolute Gasteiger partial charge is 0.306 e. The number of rotatable bonds is 5. The average Bonchev–Trinajstić information content (AvgIpc) is 3.35. The van der Waals surface area contributed by atoms with Gasteiger partial charge in [-0.25, -0.2) is 4.98 Å². The standard InChI is InChI=1S/C21H17N5O3S/c1-13-11-19(23-20(27)16-9-6-10-18(14(16)2)26(28)29)25(24-13)21-22-17(12-30-21)15-7-4-3-5-8-15/h3-12H,1-2H3,(H,23,27). The van der Waals surface area contributed by atoms with Crippen molar-refractivity contribution < 1.29 is 9.72 Å². The van der Waals surface area contributed by atoms with E-state index in [4.69, 9.17) is 0 Å². The van der Waals surface area contributed by atoms with Crippen LogP contribution in [0.3, 0.4) is 0 Å². The molecule has 2 heterocycles. The lowest BCUT2D eigenvalue weighted by molar-refractivity contribution is -0.385. The van der Waals surface area contributed by atoms with Crippen LogP contribution in [-0.4, -0.2) is 25.6 Å². The van der Waals surface area contributed by atoms with Crippen molar-refractivity contribution in [2.45, 2.75) is 13.8 Å². The number of nitrogens with zero attached hydrogens (tertiary/aromatic N) is 4. The summed E-state index contributed by atoms with van der Waals surface area (Å²) in [6, 6.07) is 15.9. The Morgan fingerprint density at radius 3 is 2.63 bits per heavy atom. The predicted molar refractivity (Wildman–Crippen MR) is 115 cm³/mol. The van der Waals surface area contributed by atoms with Gasteiger partial charge in [0.25, 0.3) is 11.6 Å². The number of nitrogens with one attached hydrogen (secondary N) is 1. The highest BCUT2D eigenvalue weighted by atomic mass is 32.1. The number of hydrogen-bond acceptors (Lipinski definition) is 6. The molecule has 0 bridgehead atoms. The first-order valence-electron chi connectivity index (χ1n) is 9.07. The minimum absolute atomic E-state index is 0.0974. The SMILES string of the molecule is Cc1cc(NC(=O)c2cccc([N+](=O)[O-])c2C)n(-c2nc(-c3ccccc3)cs2)n1. The number of anilines is 1. The Kier molecular flexibility index (Phi) is 5.11. The molecule has 30 heavy (non-hydrogen) atoms. The number of hydrogen-bond donors (Lipinski definition) is 1. The second kappa shape index (κ2) is 7.88. The van der Waals surface area contributed by atoms with Crippen LogP contribution in [0.4, 0.5) is 11.5 Å². The molecule has 2 aromatic heterocycles. The Morgan fingerprint density at radius 2 is 1.90 bits per heavy atom. The number of nitro benzene ring substituents is 1. The zero-order chi connectivity index (χ0) is 21.3. The first-order chi connectivity index (χ1) is 14.4. The van der Waals surface area contributed by atoms with Crippen LogP contribution < -0.4 is 5.32 Å². The Labute approximate surface area is 176 Å². The molecule has 0 fully saturated rings. The van der Waals surface area contributed by atoms with E-state index >= 15 is 0 Å². The number of nitro groups is 1. The lowest BCUT2D eigenvalue weighted by Crippen LogP contribution is -2.16. The molecule has 0 aliphatic rings. The van der Waals surface area contributed by atoms with Crippen LogP contribution >= 0.6 is 11.3 Å². The van der Waals surface area contributed by atoms with Gasteiger partial charge in [0.05, 0.1) is 16.3 Å². The molecule has 0 aliphatic carbocycles. The zero-order valence-electron chi connectivity index (χ0n) is 16.2. The van der Waals surface area contributed by atoms with Crippen LogP contribution in [0.5, 0.6) is 0 Å². The number of carbonyl (C=O) groups excluding carboxylic acids is 1. The van der Waals surface area contributed by atoms with Crippen molar-refractivity contribution in [3.05, 3.63) is 86.9 Å². The third kappa shape index (κ3) is 3.70. The number of aryl methyl sites for hydroxylation is 1. The molecule has 4 rings (SSSR count). The van der Waals surface area contributed by atoms with E-state index in [1.807, 2.05) is 42.6 Å². The highest BCUT2D eigenvalue weighted by Gasteiger charge is 2.20. The molecule has 8 nitrogen and oxygen atoms in total. The van der Waals surface area contributed by atoms with Crippen molar-refractivity contribution in [1.29, 1.82) is 0 Å². The molecule has 0 radical (unpaired) electrons. The fourth-order valence-corrected chi connectivity index (χ4v) is 3.88. The molecule has 9 heteroatoms. The van der Waals surface area contributed by atoms with Gasteiger partial charge in [-0.15, -0.1) is 11.3 Å². The Morgan fingerprint density at radius 1 is 1.13 bits per heavy atom. The molecular formula is C21H17N5O3S.